The number of benzene rings is 1. The Morgan fingerprint density at radius 2 is 2.17 bits per heavy atom. The van der Waals surface area contributed by atoms with Gasteiger partial charge in [-0.05, 0) is 19.1 Å². The van der Waals surface area contributed by atoms with Gasteiger partial charge >= 0.3 is 0 Å². The highest BCUT2D eigenvalue weighted by Crippen LogP contribution is 2.21. The van der Waals surface area contributed by atoms with Gasteiger partial charge in [0.1, 0.15) is 0 Å². The van der Waals surface area contributed by atoms with Crippen LogP contribution in [0.1, 0.15) is 11.7 Å². The van der Waals surface area contributed by atoms with E-state index in [0.29, 0.717) is 18.3 Å². The van der Waals surface area contributed by atoms with Crippen LogP contribution in [0.3, 0.4) is 0 Å². The highest BCUT2D eigenvalue weighted by atomic mass is 16.5. The van der Waals surface area contributed by atoms with E-state index in [-0.39, 0.29) is 0 Å². The molecule has 0 radical (unpaired) electrons. The van der Waals surface area contributed by atoms with Crippen molar-refractivity contribution in [3.63, 3.8) is 0 Å². The molecule has 1 N–H and O–H groups in total. The average molecular weight is 243 g/mol. The first-order chi connectivity index (χ1) is 8.74. The number of aryl methyl sites for hydroxylation is 2. The van der Waals surface area contributed by atoms with E-state index in [4.69, 9.17) is 4.52 Å². The molecule has 92 valence electrons. The van der Waals surface area contributed by atoms with Gasteiger partial charge in [0, 0.05) is 12.4 Å². The predicted octanol–water partition coefficient (Wildman–Crippen LogP) is 1.88. The summed E-state index contributed by atoms with van der Waals surface area (Å²) in [5.74, 6) is 2.02. The topological polar surface area (TPSA) is 68.8 Å². The Hall–Kier alpha value is -2.37. The number of aromatic nitrogens is 4. The van der Waals surface area contributed by atoms with Crippen molar-refractivity contribution >= 4 is 16.7 Å². The second-order valence-corrected chi connectivity index (χ2v) is 4.08. The fourth-order valence-corrected chi connectivity index (χ4v) is 1.92. The molecule has 6 heteroatoms. The lowest BCUT2D eigenvalue weighted by molar-refractivity contribution is 0.379. The fourth-order valence-electron chi connectivity index (χ4n) is 1.92. The summed E-state index contributed by atoms with van der Waals surface area (Å²) in [7, 11) is 1.92. The lowest BCUT2D eigenvalue weighted by Gasteiger charge is -1.98. The van der Waals surface area contributed by atoms with Gasteiger partial charge in [0.25, 0.3) is 0 Å². The van der Waals surface area contributed by atoms with Gasteiger partial charge in [0.05, 0.1) is 12.1 Å². The third kappa shape index (κ3) is 1.81. The Bertz CT molecular complexity index is 685. The standard InChI is InChI=1S/C12H13N5O/c1-8-14-11(18-16-8)7-13-12-9-5-3-4-6-10(9)17(2)15-12/h3-6H,7H2,1-2H3,(H,13,15). The van der Waals surface area contributed by atoms with Crippen LogP contribution in [0, 0.1) is 6.92 Å². The van der Waals surface area contributed by atoms with Crippen LogP contribution in [0.15, 0.2) is 28.8 Å². The van der Waals surface area contributed by atoms with Crippen molar-refractivity contribution in [2.24, 2.45) is 7.05 Å². The molecule has 0 atom stereocenters. The van der Waals surface area contributed by atoms with Crippen molar-refractivity contribution in [3.05, 3.63) is 36.0 Å². The van der Waals surface area contributed by atoms with Crippen molar-refractivity contribution in [1.82, 2.24) is 19.9 Å². The molecule has 0 aliphatic heterocycles. The predicted molar refractivity (Wildman–Crippen MR) is 67.1 cm³/mol. The normalized spacial score (nSPS) is 11.0. The third-order valence-corrected chi connectivity index (χ3v) is 2.73. The molecule has 0 fully saturated rings. The van der Waals surface area contributed by atoms with E-state index >= 15 is 0 Å². The molecular formula is C12H13N5O. The van der Waals surface area contributed by atoms with Crippen molar-refractivity contribution in [3.8, 4) is 0 Å². The van der Waals surface area contributed by atoms with Crippen LogP contribution in [-0.4, -0.2) is 19.9 Å². The van der Waals surface area contributed by atoms with Crippen LogP contribution < -0.4 is 5.32 Å². The molecule has 0 bridgehead atoms. The maximum atomic E-state index is 5.05. The Morgan fingerprint density at radius 3 is 2.94 bits per heavy atom. The van der Waals surface area contributed by atoms with Crippen molar-refractivity contribution < 1.29 is 4.52 Å². The van der Waals surface area contributed by atoms with Gasteiger partial charge in [-0.2, -0.15) is 10.1 Å². The number of hydrogen-bond donors (Lipinski definition) is 1. The Kier molecular flexibility index (Phi) is 2.47. The van der Waals surface area contributed by atoms with Gasteiger partial charge in [-0.1, -0.05) is 17.3 Å². The number of nitrogens with one attached hydrogen (secondary N) is 1. The van der Waals surface area contributed by atoms with Crippen LogP contribution in [0.4, 0.5) is 5.82 Å². The van der Waals surface area contributed by atoms with E-state index in [9.17, 15) is 0 Å². The number of anilines is 1. The van der Waals surface area contributed by atoms with Crippen LogP contribution in [-0.2, 0) is 13.6 Å². The molecule has 0 spiro atoms. The highest BCUT2D eigenvalue weighted by molar-refractivity contribution is 5.90. The second kappa shape index (κ2) is 4.14. The molecule has 2 heterocycles. The van der Waals surface area contributed by atoms with Crippen molar-refractivity contribution in [2.45, 2.75) is 13.5 Å². The van der Waals surface area contributed by atoms with Gasteiger partial charge in [-0.25, -0.2) is 0 Å². The van der Waals surface area contributed by atoms with E-state index in [1.807, 2.05) is 36.0 Å². The zero-order chi connectivity index (χ0) is 12.5. The lowest BCUT2D eigenvalue weighted by Crippen LogP contribution is -2.01. The SMILES string of the molecule is Cc1noc(CNc2nn(C)c3ccccc23)n1. The molecular weight excluding hydrogens is 230 g/mol. The first-order valence-corrected chi connectivity index (χ1v) is 5.69. The number of fused-ring (bicyclic) bond motifs is 1. The summed E-state index contributed by atoms with van der Waals surface area (Å²) in [6.45, 7) is 2.27. The molecule has 0 aliphatic carbocycles. The summed E-state index contributed by atoms with van der Waals surface area (Å²) >= 11 is 0. The molecule has 0 aliphatic rings. The van der Waals surface area contributed by atoms with E-state index in [1.54, 1.807) is 6.92 Å². The van der Waals surface area contributed by atoms with E-state index in [1.165, 1.54) is 0 Å². The maximum absolute atomic E-state index is 5.05. The largest absolute Gasteiger partial charge is 0.359 e. The van der Waals surface area contributed by atoms with E-state index in [0.717, 1.165) is 16.7 Å². The molecule has 1 aromatic carbocycles. The monoisotopic (exact) mass is 243 g/mol. The van der Waals surface area contributed by atoms with Crippen LogP contribution in [0.5, 0.6) is 0 Å². The van der Waals surface area contributed by atoms with Gasteiger partial charge in [-0.3, -0.25) is 4.68 Å². The van der Waals surface area contributed by atoms with Gasteiger partial charge in [-0.15, -0.1) is 0 Å². The van der Waals surface area contributed by atoms with Crippen LogP contribution >= 0.6 is 0 Å². The lowest BCUT2D eigenvalue weighted by atomic mass is 10.2. The van der Waals surface area contributed by atoms with Gasteiger partial charge in [0.15, 0.2) is 11.6 Å². The summed E-state index contributed by atoms with van der Waals surface area (Å²) in [4.78, 5) is 4.14. The summed E-state index contributed by atoms with van der Waals surface area (Å²) in [5, 5.41) is 12.5. The third-order valence-electron chi connectivity index (χ3n) is 2.73. The number of para-hydroxylation sites is 1. The smallest absolute Gasteiger partial charge is 0.245 e. The van der Waals surface area contributed by atoms with E-state index < -0.39 is 0 Å². The van der Waals surface area contributed by atoms with Crippen LogP contribution in [0.2, 0.25) is 0 Å². The molecule has 6 nitrogen and oxygen atoms in total. The summed E-state index contributed by atoms with van der Waals surface area (Å²) in [5.41, 5.74) is 1.08. The maximum Gasteiger partial charge on any atom is 0.245 e. The van der Waals surface area contributed by atoms with Gasteiger partial charge < -0.3 is 9.84 Å². The van der Waals surface area contributed by atoms with Crippen LogP contribution in [0.25, 0.3) is 10.9 Å². The molecule has 3 rings (SSSR count). The molecule has 0 unspecified atom stereocenters. The molecule has 0 saturated carbocycles. The number of nitrogens with zero attached hydrogens (tertiary/aromatic N) is 4. The molecule has 0 saturated heterocycles. The second-order valence-electron chi connectivity index (χ2n) is 4.08. The van der Waals surface area contributed by atoms with Crippen molar-refractivity contribution in [2.75, 3.05) is 5.32 Å². The van der Waals surface area contributed by atoms with Gasteiger partial charge in [0.2, 0.25) is 5.89 Å². The Labute approximate surface area is 104 Å². The minimum absolute atomic E-state index is 0.474. The summed E-state index contributed by atoms with van der Waals surface area (Å²) in [6, 6.07) is 8.05. The Balaban J connectivity index is 1.86. The summed E-state index contributed by atoms with van der Waals surface area (Å²) < 4.78 is 6.89. The molecule has 2 aromatic heterocycles. The molecule has 3 aromatic rings. The summed E-state index contributed by atoms with van der Waals surface area (Å²) in [6.07, 6.45) is 0. The van der Waals surface area contributed by atoms with Crippen molar-refractivity contribution in [1.29, 1.82) is 0 Å². The number of rotatable bonds is 3. The zero-order valence-corrected chi connectivity index (χ0v) is 10.2. The first kappa shape index (κ1) is 10.8. The zero-order valence-electron chi connectivity index (χ0n) is 10.2. The average Bonchev–Trinajstić information content (AvgIpc) is 2.92. The number of hydrogen-bond acceptors (Lipinski definition) is 5. The first-order valence-electron chi connectivity index (χ1n) is 5.69. The highest BCUT2D eigenvalue weighted by Gasteiger charge is 2.09. The fraction of sp³-hybridized carbons (Fsp3) is 0.250. The molecule has 0 amide bonds. The minimum Gasteiger partial charge on any atom is -0.359 e. The Morgan fingerprint density at radius 1 is 1.33 bits per heavy atom. The van der Waals surface area contributed by atoms with E-state index in [2.05, 4.69) is 20.6 Å². The molecule has 18 heavy (non-hydrogen) atoms. The minimum atomic E-state index is 0.474. The quantitative estimate of drug-likeness (QED) is 0.760.